The minimum atomic E-state index is -2.47. The Labute approximate surface area is 194 Å². The van der Waals surface area contributed by atoms with Crippen LogP contribution in [0.3, 0.4) is 0 Å². The van der Waals surface area contributed by atoms with Crippen LogP contribution in [0.1, 0.15) is 5.56 Å². The summed E-state index contributed by atoms with van der Waals surface area (Å²) in [5.74, 6) is 0. The van der Waals surface area contributed by atoms with E-state index in [9.17, 15) is 0 Å². The van der Waals surface area contributed by atoms with E-state index in [1.807, 2.05) is 6.07 Å². The summed E-state index contributed by atoms with van der Waals surface area (Å²) in [6, 6.07) is 42.5. The molecule has 0 radical (unpaired) electrons. The third-order valence-corrected chi connectivity index (χ3v) is 12.1. The molecule has 1 atom stereocenters. The molecule has 1 aromatic heterocycles. The van der Waals surface area contributed by atoms with Crippen LogP contribution >= 0.6 is 0 Å². The van der Waals surface area contributed by atoms with E-state index in [1.54, 1.807) is 0 Å². The second-order valence-corrected chi connectivity index (χ2v) is 12.8. The fraction of sp³-hybridized carbons (Fsp3) is 0.0323. The molecule has 7 rings (SSSR count). The van der Waals surface area contributed by atoms with Crippen LogP contribution in [0, 0.1) is 6.92 Å². The van der Waals surface area contributed by atoms with Crippen molar-refractivity contribution in [1.29, 1.82) is 0 Å². The van der Waals surface area contributed by atoms with Gasteiger partial charge in [-0.15, -0.1) is 0 Å². The molecule has 1 aliphatic rings. The molecule has 0 saturated carbocycles. The summed E-state index contributed by atoms with van der Waals surface area (Å²) in [4.78, 5) is 0. The lowest BCUT2D eigenvalue weighted by Gasteiger charge is -2.31. The first-order chi connectivity index (χ1) is 16.3. The van der Waals surface area contributed by atoms with Crippen molar-refractivity contribution in [3.05, 3.63) is 121 Å². The summed E-state index contributed by atoms with van der Waals surface area (Å²) in [6.07, 6.45) is 0. The molecule has 0 aliphatic carbocycles. The zero-order chi connectivity index (χ0) is 22.0. The molecule has 2 heterocycles. The maximum Gasteiger partial charge on any atom is 0.180 e. The molecule has 0 amide bonds. The van der Waals surface area contributed by atoms with Gasteiger partial charge < -0.3 is 4.42 Å². The van der Waals surface area contributed by atoms with Crippen LogP contribution in [0.15, 0.2) is 120 Å². The summed E-state index contributed by atoms with van der Waals surface area (Å²) in [5, 5.41) is 8.16. The van der Waals surface area contributed by atoms with E-state index < -0.39 is 8.07 Å². The van der Waals surface area contributed by atoms with Crippen molar-refractivity contribution in [2.24, 2.45) is 0 Å². The quantitative estimate of drug-likeness (QED) is 0.336. The van der Waals surface area contributed by atoms with E-state index in [1.165, 1.54) is 48.2 Å². The van der Waals surface area contributed by atoms with Crippen molar-refractivity contribution in [1.82, 2.24) is 0 Å². The van der Waals surface area contributed by atoms with Crippen molar-refractivity contribution >= 4 is 50.8 Å². The molecule has 5 aromatic carbocycles. The van der Waals surface area contributed by atoms with Gasteiger partial charge in [0.05, 0.1) is 0 Å². The van der Waals surface area contributed by atoms with E-state index in [4.69, 9.17) is 4.42 Å². The van der Waals surface area contributed by atoms with Crippen molar-refractivity contribution in [2.75, 3.05) is 0 Å². The van der Waals surface area contributed by atoms with Gasteiger partial charge in [-0.1, -0.05) is 103 Å². The van der Waals surface area contributed by atoms with Crippen molar-refractivity contribution in [3.63, 3.8) is 0 Å². The fourth-order valence-electron chi connectivity index (χ4n) is 5.77. The molecular formula is C31H22OSi. The summed E-state index contributed by atoms with van der Waals surface area (Å²) >= 11 is 0. The molecule has 1 nitrogen and oxygen atoms in total. The predicted octanol–water partition coefficient (Wildman–Crippen LogP) is 5.25. The Kier molecular flexibility index (Phi) is 3.85. The lowest BCUT2D eigenvalue weighted by atomic mass is 10.0. The Hall–Kier alpha value is -3.88. The predicted molar refractivity (Wildman–Crippen MR) is 141 cm³/mol. The number of rotatable bonds is 2. The largest absolute Gasteiger partial charge is 0.456 e. The molecule has 156 valence electrons. The van der Waals surface area contributed by atoms with Gasteiger partial charge in [-0.25, -0.2) is 0 Å². The Morgan fingerprint density at radius 1 is 0.515 bits per heavy atom. The second-order valence-electron chi connectivity index (χ2n) is 9.02. The van der Waals surface area contributed by atoms with Crippen LogP contribution in [-0.2, 0) is 0 Å². The van der Waals surface area contributed by atoms with Crippen LogP contribution < -0.4 is 20.7 Å². The van der Waals surface area contributed by atoms with Gasteiger partial charge in [-0.05, 0) is 57.0 Å². The van der Waals surface area contributed by atoms with Crippen molar-refractivity contribution in [2.45, 2.75) is 6.92 Å². The lowest BCUT2D eigenvalue weighted by molar-refractivity contribution is 0.669. The Morgan fingerprint density at radius 2 is 1.21 bits per heavy atom. The zero-order valence-electron chi connectivity index (χ0n) is 18.4. The van der Waals surface area contributed by atoms with Crippen LogP contribution in [0.2, 0.25) is 0 Å². The SMILES string of the molecule is Cc1ccc([Si]2(c3ccccc3)c3ccccc3-c3cc4oc5ccccc5c4cc32)cc1. The van der Waals surface area contributed by atoms with E-state index >= 15 is 0 Å². The highest BCUT2D eigenvalue weighted by molar-refractivity contribution is 7.22. The smallest absolute Gasteiger partial charge is 0.180 e. The topological polar surface area (TPSA) is 13.1 Å². The molecule has 0 fully saturated rings. The summed E-state index contributed by atoms with van der Waals surface area (Å²) in [7, 11) is -2.47. The average molecular weight is 439 g/mol. The number of para-hydroxylation sites is 1. The van der Waals surface area contributed by atoms with Gasteiger partial charge >= 0.3 is 0 Å². The van der Waals surface area contributed by atoms with Crippen molar-refractivity contribution in [3.8, 4) is 11.1 Å². The van der Waals surface area contributed by atoms with Gasteiger partial charge in [0.1, 0.15) is 11.2 Å². The number of furan rings is 1. The number of hydrogen-bond donors (Lipinski definition) is 0. The minimum absolute atomic E-state index is 0.951. The highest BCUT2D eigenvalue weighted by Gasteiger charge is 2.48. The van der Waals surface area contributed by atoms with E-state index in [0.29, 0.717) is 0 Å². The summed E-state index contributed by atoms with van der Waals surface area (Å²) in [6.45, 7) is 2.16. The van der Waals surface area contributed by atoms with Gasteiger partial charge in [0.15, 0.2) is 8.07 Å². The maximum absolute atomic E-state index is 6.30. The normalized spacial score (nSPS) is 16.8. The van der Waals surface area contributed by atoms with Gasteiger partial charge in [0.2, 0.25) is 0 Å². The monoisotopic (exact) mass is 438 g/mol. The molecule has 6 aromatic rings. The molecular weight excluding hydrogens is 416 g/mol. The van der Waals surface area contributed by atoms with Gasteiger partial charge in [-0.3, -0.25) is 0 Å². The minimum Gasteiger partial charge on any atom is -0.456 e. The van der Waals surface area contributed by atoms with E-state index in [0.717, 1.165) is 11.2 Å². The van der Waals surface area contributed by atoms with Crippen LogP contribution in [0.25, 0.3) is 33.1 Å². The molecule has 0 N–H and O–H groups in total. The standard InChI is InChI=1S/C31H22OSi/c1-21-15-17-23(18-16-21)33(22-9-3-2-4-10-22)30-14-8-6-12-25(30)27-19-29-26(20-31(27)33)24-11-5-7-13-28(24)32-29/h2-20H,1H3. The third kappa shape index (κ3) is 2.47. The summed E-state index contributed by atoms with van der Waals surface area (Å²) < 4.78 is 6.30. The Morgan fingerprint density at radius 3 is 2.06 bits per heavy atom. The molecule has 33 heavy (non-hydrogen) atoms. The first-order valence-electron chi connectivity index (χ1n) is 11.4. The highest BCUT2D eigenvalue weighted by atomic mass is 28.3. The molecule has 1 aliphatic heterocycles. The highest BCUT2D eigenvalue weighted by Crippen LogP contribution is 2.35. The number of hydrogen-bond acceptors (Lipinski definition) is 1. The maximum atomic E-state index is 6.30. The van der Waals surface area contributed by atoms with Gasteiger partial charge in [-0.2, -0.15) is 0 Å². The average Bonchev–Trinajstić information content (AvgIpc) is 3.37. The molecule has 1 unspecified atom stereocenters. The molecule has 0 saturated heterocycles. The van der Waals surface area contributed by atoms with Gasteiger partial charge in [0.25, 0.3) is 0 Å². The van der Waals surface area contributed by atoms with Crippen LogP contribution in [0.5, 0.6) is 0 Å². The third-order valence-electron chi connectivity index (χ3n) is 7.23. The molecule has 0 bridgehead atoms. The van der Waals surface area contributed by atoms with E-state index in [2.05, 4.69) is 116 Å². The number of benzene rings is 5. The number of aryl methyl sites for hydroxylation is 1. The first-order valence-corrected chi connectivity index (χ1v) is 13.4. The first kappa shape index (κ1) is 18.7. The lowest BCUT2D eigenvalue weighted by Crippen LogP contribution is -2.72. The second kappa shape index (κ2) is 6.81. The number of fused-ring (bicyclic) bond motifs is 6. The van der Waals surface area contributed by atoms with E-state index in [-0.39, 0.29) is 0 Å². The van der Waals surface area contributed by atoms with Gasteiger partial charge in [0, 0.05) is 10.8 Å². The summed E-state index contributed by atoms with van der Waals surface area (Å²) in [5.41, 5.74) is 5.86. The zero-order valence-corrected chi connectivity index (χ0v) is 19.4. The van der Waals surface area contributed by atoms with Crippen LogP contribution in [-0.4, -0.2) is 8.07 Å². The Balaban J connectivity index is 1.68. The molecule has 2 heteroatoms. The van der Waals surface area contributed by atoms with Crippen LogP contribution in [0.4, 0.5) is 0 Å². The molecule has 0 spiro atoms. The Bertz CT molecular complexity index is 1660. The fourth-order valence-corrected chi connectivity index (χ4v) is 10.9. The van der Waals surface area contributed by atoms with Crippen molar-refractivity contribution < 1.29 is 4.42 Å².